The van der Waals surface area contributed by atoms with Crippen molar-refractivity contribution in [3.63, 3.8) is 0 Å². The van der Waals surface area contributed by atoms with Gasteiger partial charge in [0.05, 0.1) is 16.7 Å². The number of hydrogen-bond donors (Lipinski definition) is 1. The number of anilines is 1. The van der Waals surface area contributed by atoms with Gasteiger partial charge in [0.2, 0.25) is 0 Å². The third-order valence-electron chi connectivity index (χ3n) is 4.80. The first-order valence-corrected chi connectivity index (χ1v) is 8.78. The highest BCUT2D eigenvalue weighted by molar-refractivity contribution is 7.15. The standard InChI is InChI=1S/C16H24N2OS/c1-16(2)7-12-14(13(19)8-16)20-15(17-12)18(11-5-6-11)9-10-3-4-10/h10-11,13,19H,3-9H2,1-2H3. The number of aliphatic hydroxyl groups is 1. The van der Waals surface area contributed by atoms with Gasteiger partial charge in [-0.1, -0.05) is 25.2 Å². The Bertz CT molecular complexity index is 517. The van der Waals surface area contributed by atoms with E-state index in [1.807, 2.05) is 0 Å². The molecule has 110 valence electrons. The van der Waals surface area contributed by atoms with Gasteiger partial charge in [0, 0.05) is 12.6 Å². The second-order valence-electron chi connectivity index (χ2n) is 7.70. The third kappa shape index (κ3) is 2.48. The van der Waals surface area contributed by atoms with Gasteiger partial charge < -0.3 is 10.0 Å². The van der Waals surface area contributed by atoms with Gasteiger partial charge in [0.25, 0.3) is 0 Å². The lowest BCUT2D eigenvalue weighted by Gasteiger charge is -2.31. The van der Waals surface area contributed by atoms with Crippen molar-refractivity contribution >= 4 is 16.5 Å². The highest BCUT2D eigenvalue weighted by atomic mass is 32.1. The van der Waals surface area contributed by atoms with E-state index in [0.29, 0.717) is 0 Å². The molecule has 0 aliphatic heterocycles. The van der Waals surface area contributed by atoms with Crippen molar-refractivity contribution < 1.29 is 5.11 Å². The Morgan fingerprint density at radius 2 is 2.05 bits per heavy atom. The molecule has 20 heavy (non-hydrogen) atoms. The molecule has 1 unspecified atom stereocenters. The van der Waals surface area contributed by atoms with Crippen LogP contribution in [0.1, 0.15) is 62.6 Å². The van der Waals surface area contributed by atoms with Gasteiger partial charge in [-0.25, -0.2) is 4.98 Å². The van der Waals surface area contributed by atoms with Crippen molar-refractivity contribution in [2.75, 3.05) is 11.4 Å². The number of aliphatic hydroxyl groups excluding tert-OH is 1. The molecule has 4 heteroatoms. The fourth-order valence-corrected chi connectivity index (χ4v) is 4.50. The quantitative estimate of drug-likeness (QED) is 0.922. The van der Waals surface area contributed by atoms with Crippen molar-refractivity contribution in [1.29, 1.82) is 0 Å². The van der Waals surface area contributed by atoms with Crippen LogP contribution >= 0.6 is 11.3 Å². The van der Waals surface area contributed by atoms with Crippen molar-refractivity contribution in [1.82, 2.24) is 4.98 Å². The molecule has 0 saturated heterocycles. The normalized spacial score (nSPS) is 28.2. The molecule has 2 saturated carbocycles. The first-order valence-electron chi connectivity index (χ1n) is 7.96. The molecule has 0 radical (unpaired) electrons. The van der Waals surface area contributed by atoms with Crippen LogP contribution in [0.2, 0.25) is 0 Å². The van der Waals surface area contributed by atoms with Gasteiger partial charge >= 0.3 is 0 Å². The molecule has 1 aromatic heterocycles. The predicted molar refractivity (Wildman–Crippen MR) is 82.3 cm³/mol. The van der Waals surface area contributed by atoms with E-state index in [9.17, 15) is 5.11 Å². The molecule has 1 N–H and O–H groups in total. The SMILES string of the molecule is CC1(C)Cc2nc(N(CC3CC3)C3CC3)sc2C(O)C1. The second-order valence-corrected chi connectivity index (χ2v) is 8.70. The lowest BCUT2D eigenvalue weighted by molar-refractivity contribution is 0.102. The van der Waals surface area contributed by atoms with Crippen LogP contribution in [-0.4, -0.2) is 22.7 Å². The van der Waals surface area contributed by atoms with Crippen LogP contribution < -0.4 is 4.90 Å². The van der Waals surface area contributed by atoms with Gasteiger partial charge in [-0.3, -0.25) is 0 Å². The zero-order chi connectivity index (χ0) is 13.9. The van der Waals surface area contributed by atoms with Crippen LogP contribution in [0.25, 0.3) is 0 Å². The summed E-state index contributed by atoms with van der Waals surface area (Å²) in [4.78, 5) is 8.61. The van der Waals surface area contributed by atoms with E-state index in [4.69, 9.17) is 4.98 Å². The summed E-state index contributed by atoms with van der Waals surface area (Å²) in [5.74, 6) is 0.901. The molecule has 4 rings (SSSR count). The Morgan fingerprint density at radius 3 is 2.70 bits per heavy atom. The average molecular weight is 292 g/mol. The summed E-state index contributed by atoms with van der Waals surface area (Å²) in [5, 5.41) is 11.6. The molecule has 0 amide bonds. The van der Waals surface area contributed by atoms with E-state index < -0.39 is 0 Å². The average Bonchev–Trinajstić information content (AvgIpc) is 3.23. The number of aromatic nitrogens is 1. The summed E-state index contributed by atoms with van der Waals surface area (Å²) in [7, 11) is 0. The maximum atomic E-state index is 10.4. The molecule has 1 atom stereocenters. The summed E-state index contributed by atoms with van der Waals surface area (Å²) < 4.78 is 0. The van der Waals surface area contributed by atoms with Crippen molar-refractivity contribution in [2.45, 2.75) is 64.5 Å². The molecule has 1 aromatic rings. The summed E-state index contributed by atoms with van der Waals surface area (Å²) in [5.41, 5.74) is 1.34. The van der Waals surface area contributed by atoms with Crippen LogP contribution in [0.5, 0.6) is 0 Å². The topological polar surface area (TPSA) is 36.4 Å². The minimum Gasteiger partial charge on any atom is -0.387 e. The number of thiazole rings is 1. The van der Waals surface area contributed by atoms with E-state index in [2.05, 4.69) is 18.7 Å². The van der Waals surface area contributed by atoms with Crippen molar-refractivity contribution in [3.05, 3.63) is 10.6 Å². The fourth-order valence-electron chi connectivity index (χ4n) is 3.35. The monoisotopic (exact) mass is 292 g/mol. The lowest BCUT2D eigenvalue weighted by atomic mass is 9.77. The van der Waals surface area contributed by atoms with E-state index in [1.165, 1.54) is 37.4 Å². The Morgan fingerprint density at radius 1 is 1.30 bits per heavy atom. The number of fused-ring (bicyclic) bond motifs is 1. The van der Waals surface area contributed by atoms with Crippen LogP contribution in [0.3, 0.4) is 0 Å². The molecule has 3 aliphatic rings. The van der Waals surface area contributed by atoms with Crippen LogP contribution in [0, 0.1) is 11.3 Å². The molecule has 1 heterocycles. The molecule has 0 bridgehead atoms. The second kappa shape index (κ2) is 4.44. The van der Waals surface area contributed by atoms with Crippen LogP contribution in [0.4, 0.5) is 5.13 Å². The maximum absolute atomic E-state index is 10.4. The van der Waals surface area contributed by atoms with Gasteiger partial charge in [0.15, 0.2) is 5.13 Å². The number of nitrogens with zero attached hydrogens (tertiary/aromatic N) is 2. The van der Waals surface area contributed by atoms with Crippen LogP contribution in [-0.2, 0) is 6.42 Å². The first-order chi connectivity index (χ1) is 9.52. The highest BCUT2D eigenvalue weighted by Crippen LogP contribution is 2.46. The number of hydrogen-bond acceptors (Lipinski definition) is 4. The zero-order valence-electron chi connectivity index (χ0n) is 12.4. The molecular weight excluding hydrogens is 268 g/mol. The Hall–Kier alpha value is -0.610. The van der Waals surface area contributed by atoms with Crippen LogP contribution in [0.15, 0.2) is 0 Å². The lowest BCUT2D eigenvalue weighted by Crippen LogP contribution is -2.28. The minimum atomic E-state index is -0.304. The minimum absolute atomic E-state index is 0.179. The van der Waals surface area contributed by atoms with Gasteiger partial charge in [-0.15, -0.1) is 0 Å². The summed E-state index contributed by atoms with van der Waals surface area (Å²) >= 11 is 1.76. The Labute approximate surface area is 125 Å². The maximum Gasteiger partial charge on any atom is 0.186 e. The fraction of sp³-hybridized carbons (Fsp3) is 0.812. The van der Waals surface area contributed by atoms with E-state index in [1.54, 1.807) is 11.3 Å². The smallest absolute Gasteiger partial charge is 0.186 e. The Balaban J connectivity index is 1.62. The van der Waals surface area contributed by atoms with E-state index in [-0.39, 0.29) is 11.5 Å². The summed E-state index contributed by atoms with van der Waals surface area (Å²) in [6.45, 7) is 5.67. The predicted octanol–water partition coefficient (Wildman–Crippen LogP) is 3.53. The molecule has 3 nitrogen and oxygen atoms in total. The van der Waals surface area contributed by atoms with Gasteiger partial charge in [-0.2, -0.15) is 0 Å². The Kier molecular flexibility index (Phi) is 2.90. The molecular formula is C16H24N2OS. The van der Waals surface area contributed by atoms with Gasteiger partial charge in [0.1, 0.15) is 0 Å². The summed E-state index contributed by atoms with van der Waals surface area (Å²) in [6, 6.07) is 0.730. The summed E-state index contributed by atoms with van der Waals surface area (Å²) in [6.07, 6.45) is 7.01. The molecule has 2 fully saturated rings. The first kappa shape index (κ1) is 13.1. The largest absolute Gasteiger partial charge is 0.387 e. The molecule has 3 aliphatic carbocycles. The zero-order valence-corrected chi connectivity index (χ0v) is 13.2. The third-order valence-corrected chi connectivity index (χ3v) is 6.03. The van der Waals surface area contributed by atoms with Crippen molar-refractivity contribution in [2.24, 2.45) is 11.3 Å². The van der Waals surface area contributed by atoms with Gasteiger partial charge in [-0.05, 0) is 49.9 Å². The van der Waals surface area contributed by atoms with Crippen molar-refractivity contribution in [3.8, 4) is 0 Å². The van der Waals surface area contributed by atoms with E-state index in [0.717, 1.165) is 35.4 Å². The number of rotatable bonds is 4. The molecule has 0 aromatic carbocycles. The highest BCUT2D eigenvalue weighted by Gasteiger charge is 2.38. The van der Waals surface area contributed by atoms with E-state index >= 15 is 0 Å². The molecule has 0 spiro atoms.